The van der Waals surface area contributed by atoms with Crippen LogP contribution in [0.25, 0.3) is 0 Å². The van der Waals surface area contributed by atoms with Crippen LogP contribution in [0.2, 0.25) is 0 Å². The summed E-state index contributed by atoms with van der Waals surface area (Å²) in [7, 11) is 0. The first-order valence-electron chi connectivity index (χ1n) is 5.62. The largest absolute Gasteiger partial charge is 0.468 e. The molecule has 1 saturated carbocycles. The highest BCUT2D eigenvalue weighted by Gasteiger charge is 2.20. The predicted octanol–water partition coefficient (Wildman–Crippen LogP) is 2.95. The number of rotatable bonds is 4. The average molecular weight is 193 g/mol. The summed E-state index contributed by atoms with van der Waals surface area (Å²) in [6.45, 7) is 3.16. The summed E-state index contributed by atoms with van der Waals surface area (Å²) in [6, 6.07) is 4.59. The van der Waals surface area contributed by atoms with Crippen LogP contribution in [-0.4, -0.2) is 6.04 Å². The Morgan fingerprint density at radius 2 is 2.29 bits per heavy atom. The van der Waals surface area contributed by atoms with Crippen LogP contribution < -0.4 is 5.32 Å². The van der Waals surface area contributed by atoms with Crippen LogP contribution in [-0.2, 0) is 6.54 Å². The minimum Gasteiger partial charge on any atom is -0.468 e. The summed E-state index contributed by atoms with van der Waals surface area (Å²) in [5.41, 5.74) is 0. The summed E-state index contributed by atoms with van der Waals surface area (Å²) < 4.78 is 5.28. The molecule has 78 valence electrons. The lowest BCUT2D eigenvalue weighted by atomic mass is 10.00. The maximum atomic E-state index is 5.28. The topological polar surface area (TPSA) is 25.2 Å². The van der Waals surface area contributed by atoms with E-state index in [1.54, 1.807) is 6.26 Å². The molecular formula is C12H19NO. The van der Waals surface area contributed by atoms with Crippen LogP contribution >= 0.6 is 0 Å². The first-order valence-corrected chi connectivity index (χ1v) is 5.62. The molecular weight excluding hydrogens is 174 g/mol. The van der Waals surface area contributed by atoms with Gasteiger partial charge in [0.05, 0.1) is 12.8 Å². The molecule has 2 nitrogen and oxygen atoms in total. The highest BCUT2D eigenvalue weighted by Crippen LogP contribution is 2.27. The quantitative estimate of drug-likeness (QED) is 0.795. The van der Waals surface area contributed by atoms with Gasteiger partial charge in [0.2, 0.25) is 0 Å². The number of nitrogens with one attached hydrogen (secondary N) is 1. The van der Waals surface area contributed by atoms with Gasteiger partial charge in [-0.3, -0.25) is 0 Å². The van der Waals surface area contributed by atoms with Crippen LogP contribution in [0.4, 0.5) is 0 Å². The third kappa shape index (κ3) is 2.38. The third-order valence-corrected chi connectivity index (χ3v) is 3.29. The van der Waals surface area contributed by atoms with Gasteiger partial charge in [-0.15, -0.1) is 0 Å². The van der Waals surface area contributed by atoms with Crippen LogP contribution in [0.15, 0.2) is 22.8 Å². The Labute approximate surface area is 85.7 Å². The molecule has 1 N–H and O–H groups in total. The van der Waals surface area contributed by atoms with Gasteiger partial charge in [0.25, 0.3) is 0 Å². The minimum absolute atomic E-state index is 0.627. The van der Waals surface area contributed by atoms with Gasteiger partial charge in [0.15, 0.2) is 0 Å². The average Bonchev–Trinajstić information content (AvgIpc) is 2.87. The fraction of sp³-hybridized carbons (Fsp3) is 0.667. The molecule has 0 radical (unpaired) electrons. The van der Waals surface area contributed by atoms with Crippen molar-refractivity contribution in [3.8, 4) is 0 Å². The molecule has 1 fully saturated rings. The van der Waals surface area contributed by atoms with Crippen molar-refractivity contribution in [2.75, 3.05) is 0 Å². The zero-order valence-electron chi connectivity index (χ0n) is 8.83. The normalized spacial score (nSPS) is 20.1. The molecule has 2 heteroatoms. The van der Waals surface area contributed by atoms with Gasteiger partial charge in [-0.05, 0) is 37.8 Å². The molecule has 1 heterocycles. The lowest BCUT2D eigenvalue weighted by Gasteiger charge is -2.19. The van der Waals surface area contributed by atoms with E-state index in [1.807, 2.05) is 12.1 Å². The molecule has 0 aliphatic heterocycles. The summed E-state index contributed by atoms with van der Waals surface area (Å²) in [5, 5.41) is 3.53. The highest BCUT2D eigenvalue weighted by molar-refractivity contribution is 4.97. The smallest absolute Gasteiger partial charge is 0.117 e. The summed E-state index contributed by atoms with van der Waals surface area (Å²) in [4.78, 5) is 0. The molecule has 0 aromatic carbocycles. The van der Waals surface area contributed by atoms with Crippen molar-refractivity contribution in [2.24, 2.45) is 5.92 Å². The van der Waals surface area contributed by atoms with E-state index in [-0.39, 0.29) is 0 Å². The van der Waals surface area contributed by atoms with E-state index in [4.69, 9.17) is 4.42 Å². The lowest BCUT2D eigenvalue weighted by Crippen LogP contribution is -2.31. The summed E-state index contributed by atoms with van der Waals surface area (Å²) in [5.74, 6) is 1.92. The number of hydrogen-bond acceptors (Lipinski definition) is 2. The molecule has 1 aromatic heterocycles. The Morgan fingerprint density at radius 1 is 1.50 bits per heavy atom. The fourth-order valence-electron chi connectivity index (χ4n) is 2.30. The molecule has 1 unspecified atom stereocenters. The molecule has 0 amide bonds. The summed E-state index contributed by atoms with van der Waals surface area (Å²) >= 11 is 0. The van der Waals surface area contributed by atoms with Crippen molar-refractivity contribution in [1.82, 2.24) is 5.32 Å². The van der Waals surface area contributed by atoms with E-state index in [0.717, 1.165) is 18.2 Å². The van der Waals surface area contributed by atoms with E-state index >= 15 is 0 Å². The van der Waals surface area contributed by atoms with Crippen LogP contribution in [0, 0.1) is 5.92 Å². The van der Waals surface area contributed by atoms with Crippen molar-refractivity contribution in [2.45, 2.75) is 45.2 Å². The molecule has 1 atom stereocenters. The third-order valence-electron chi connectivity index (χ3n) is 3.29. The molecule has 0 saturated heterocycles. The van der Waals surface area contributed by atoms with Gasteiger partial charge in [-0.1, -0.05) is 12.8 Å². The van der Waals surface area contributed by atoms with Crippen molar-refractivity contribution in [3.05, 3.63) is 24.2 Å². The molecule has 2 rings (SSSR count). The van der Waals surface area contributed by atoms with Crippen LogP contribution in [0.1, 0.15) is 38.4 Å². The Morgan fingerprint density at radius 3 is 2.93 bits per heavy atom. The van der Waals surface area contributed by atoms with Crippen LogP contribution in [0.5, 0.6) is 0 Å². The van der Waals surface area contributed by atoms with E-state index in [1.165, 1.54) is 25.7 Å². The van der Waals surface area contributed by atoms with Crippen molar-refractivity contribution in [3.63, 3.8) is 0 Å². The van der Waals surface area contributed by atoms with Crippen molar-refractivity contribution in [1.29, 1.82) is 0 Å². The number of furan rings is 1. The van der Waals surface area contributed by atoms with Gasteiger partial charge >= 0.3 is 0 Å². The van der Waals surface area contributed by atoms with Gasteiger partial charge in [0, 0.05) is 6.04 Å². The van der Waals surface area contributed by atoms with Crippen molar-refractivity contribution < 1.29 is 4.42 Å². The Hall–Kier alpha value is -0.760. The zero-order valence-corrected chi connectivity index (χ0v) is 8.83. The molecule has 14 heavy (non-hydrogen) atoms. The first kappa shape index (κ1) is 9.78. The fourth-order valence-corrected chi connectivity index (χ4v) is 2.30. The zero-order chi connectivity index (χ0) is 9.80. The van der Waals surface area contributed by atoms with Gasteiger partial charge in [-0.25, -0.2) is 0 Å². The molecule has 0 bridgehead atoms. The second-order valence-electron chi connectivity index (χ2n) is 4.29. The number of hydrogen-bond donors (Lipinski definition) is 1. The summed E-state index contributed by atoms with van der Waals surface area (Å²) in [6.07, 6.45) is 7.35. The standard InChI is InChI=1S/C12H19NO/c1-10(11-5-2-3-6-11)13-9-12-7-4-8-14-12/h4,7-8,10-11,13H,2-3,5-6,9H2,1H3. The van der Waals surface area contributed by atoms with E-state index in [0.29, 0.717) is 6.04 Å². The van der Waals surface area contributed by atoms with E-state index in [2.05, 4.69) is 12.2 Å². The predicted molar refractivity (Wildman–Crippen MR) is 57.0 cm³/mol. The maximum absolute atomic E-state index is 5.28. The maximum Gasteiger partial charge on any atom is 0.117 e. The molecule has 1 aromatic rings. The second-order valence-corrected chi connectivity index (χ2v) is 4.29. The van der Waals surface area contributed by atoms with E-state index < -0.39 is 0 Å². The minimum atomic E-state index is 0.627. The van der Waals surface area contributed by atoms with Gasteiger partial charge in [-0.2, -0.15) is 0 Å². The second kappa shape index (κ2) is 4.65. The monoisotopic (exact) mass is 193 g/mol. The lowest BCUT2D eigenvalue weighted by molar-refractivity contribution is 0.362. The first-order chi connectivity index (χ1) is 6.86. The van der Waals surface area contributed by atoms with Crippen molar-refractivity contribution >= 4 is 0 Å². The Balaban J connectivity index is 1.74. The Bertz CT molecular complexity index is 249. The SMILES string of the molecule is CC(NCc1ccco1)C1CCCC1. The molecule has 1 aliphatic rings. The van der Waals surface area contributed by atoms with Crippen LogP contribution in [0.3, 0.4) is 0 Å². The van der Waals surface area contributed by atoms with Gasteiger partial charge < -0.3 is 9.73 Å². The molecule has 1 aliphatic carbocycles. The highest BCUT2D eigenvalue weighted by atomic mass is 16.3. The van der Waals surface area contributed by atoms with E-state index in [9.17, 15) is 0 Å². The molecule has 0 spiro atoms. The van der Waals surface area contributed by atoms with Gasteiger partial charge in [0.1, 0.15) is 5.76 Å². The Kier molecular flexibility index (Phi) is 3.25.